The second kappa shape index (κ2) is 8.04. The SMILES string of the molecule is NC(C=O)C(c1ccc(CN2CCCCC2)cc1)N1CCCC1. The molecule has 2 heterocycles. The quantitative estimate of drug-likeness (QED) is 0.819. The van der Waals surface area contributed by atoms with Crippen molar-refractivity contribution in [1.82, 2.24) is 9.80 Å². The molecule has 126 valence electrons. The van der Waals surface area contributed by atoms with Gasteiger partial charge in [0.1, 0.15) is 6.29 Å². The first-order chi connectivity index (χ1) is 11.3. The number of carbonyl (C=O) groups excluding carboxylic acids is 1. The minimum Gasteiger partial charge on any atom is -0.320 e. The summed E-state index contributed by atoms with van der Waals surface area (Å²) in [6.45, 7) is 5.56. The van der Waals surface area contributed by atoms with Gasteiger partial charge in [-0.3, -0.25) is 9.80 Å². The molecule has 2 saturated heterocycles. The van der Waals surface area contributed by atoms with Crippen molar-refractivity contribution in [3.8, 4) is 0 Å². The molecule has 0 bridgehead atoms. The highest BCUT2D eigenvalue weighted by atomic mass is 16.1. The minimum absolute atomic E-state index is 0.0269. The van der Waals surface area contributed by atoms with E-state index in [0.717, 1.165) is 25.9 Å². The normalized spacial score (nSPS) is 22.8. The van der Waals surface area contributed by atoms with Crippen molar-refractivity contribution in [2.45, 2.75) is 50.7 Å². The molecule has 2 fully saturated rings. The van der Waals surface area contributed by atoms with Gasteiger partial charge in [-0.05, 0) is 63.0 Å². The molecule has 2 aliphatic heterocycles. The standard InChI is InChI=1S/C19H29N3O/c20-18(15-23)19(22-12-4-5-13-22)17-8-6-16(7-9-17)14-21-10-2-1-3-11-21/h6-9,15,18-19H,1-5,10-14,20H2. The van der Waals surface area contributed by atoms with Crippen LogP contribution in [0.3, 0.4) is 0 Å². The van der Waals surface area contributed by atoms with E-state index in [1.165, 1.54) is 56.3 Å². The number of rotatable bonds is 6. The molecular formula is C19H29N3O. The molecular weight excluding hydrogens is 286 g/mol. The number of carbonyl (C=O) groups is 1. The largest absolute Gasteiger partial charge is 0.320 e. The van der Waals surface area contributed by atoms with Gasteiger partial charge in [0.2, 0.25) is 0 Å². The van der Waals surface area contributed by atoms with E-state index in [1.807, 2.05) is 0 Å². The van der Waals surface area contributed by atoms with Gasteiger partial charge >= 0.3 is 0 Å². The molecule has 1 aromatic carbocycles. The fourth-order valence-corrected chi connectivity index (χ4v) is 3.97. The van der Waals surface area contributed by atoms with Crippen molar-refractivity contribution < 1.29 is 4.79 Å². The molecule has 2 N–H and O–H groups in total. The van der Waals surface area contributed by atoms with E-state index < -0.39 is 6.04 Å². The Balaban J connectivity index is 1.69. The molecule has 0 radical (unpaired) electrons. The number of hydrogen-bond acceptors (Lipinski definition) is 4. The van der Waals surface area contributed by atoms with E-state index >= 15 is 0 Å². The summed E-state index contributed by atoms with van der Waals surface area (Å²) in [7, 11) is 0. The maximum Gasteiger partial charge on any atom is 0.138 e. The average Bonchev–Trinajstić information content (AvgIpc) is 3.11. The van der Waals surface area contributed by atoms with Crippen LogP contribution in [0.1, 0.15) is 49.3 Å². The molecule has 2 unspecified atom stereocenters. The lowest BCUT2D eigenvalue weighted by molar-refractivity contribution is -0.110. The lowest BCUT2D eigenvalue weighted by Gasteiger charge is -2.30. The lowest BCUT2D eigenvalue weighted by atomic mass is 9.97. The first-order valence-electron chi connectivity index (χ1n) is 9.04. The molecule has 3 rings (SSSR count). The Bertz CT molecular complexity index is 490. The monoisotopic (exact) mass is 315 g/mol. The highest BCUT2D eigenvalue weighted by molar-refractivity contribution is 5.59. The molecule has 0 aromatic heterocycles. The second-order valence-corrected chi connectivity index (χ2v) is 6.98. The van der Waals surface area contributed by atoms with Crippen LogP contribution in [0.5, 0.6) is 0 Å². The van der Waals surface area contributed by atoms with Crippen LogP contribution in [-0.4, -0.2) is 48.3 Å². The van der Waals surface area contributed by atoms with Gasteiger partial charge in [-0.2, -0.15) is 0 Å². The molecule has 0 saturated carbocycles. The zero-order valence-corrected chi connectivity index (χ0v) is 14.0. The highest BCUT2D eigenvalue weighted by Crippen LogP contribution is 2.27. The molecule has 23 heavy (non-hydrogen) atoms. The second-order valence-electron chi connectivity index (χ2n) is 6.98. The average molecular weight is 315 g/mol. The Hall–Kier alpha value is -1.23. The van der Waals surface area contributed by atoms with E-state index in [-0.39, 0.29) is 6.04 Å². The van der Waals surface area contributed by atoms with Gasteiger partial charge in [0.15, 0.2) is 0 Å². The van der Waals surface area contributed by atoms with Crippen LogP contribution >= 0.6 is 0 Å². The molecule has 4 nitrogen and oxygen atoms in total. The Morgan fingerprint density at radius 1 is 0.957 bits per heavy atom. The Kier molecular flexibility index (Phi) is 5.81. The number of hydrogen-bond donors (Lipinski definition) is 1. The first kappa shape index (κ1) is 16.6. The summed E-state index contributed by atoms with van der Waals surface area (Å²) < 4.78 is 0. The minimum atomic E-state index is -0.443. The molecule has 2 aliphatic rings. The summed E-state index contributed by atoms with van der Waals surface area (Å²) in [4.78, 5) is 16.1. The number of aldehydes is 1. The van der Waals surface area contributed by atoms with Gasteiger partial charge in [0, 0.05) is 6.54 Å². The predicted molar refractivity (Wildman–Crippen MR) is 93.2 cm³/mol. The summed E-state index contributed by atoms with van der Waals surface area (Å²) in [6.07, 6.45) is 7.32. The van der Waals surface area contributed by atoms with Crippen LogP contribution in [0.4, 0.5) is 0 Å². The van der Waals surface area contributed by atoms with Gasteiger partial charge in [-0.1, -0.05) is 30.7 Å². The molecule has 0 spiro atoms. The number of benzene rings is 1. The zero-order chi connectivity index (χ0) is 16.1. The summed E-state index contributed by atoms with van der Waals surface area (Å²) >= 11 is 0. The molecule has 4 heteroatoms. The Morgan fingerprint density at radius 2 is 1.57 bits per heavy atom. The smallest absolute Gasteiger partial charge is 0.138 e. The topological polar surface area (TPSA) is 49.6 Å². The van der Waals surface area contributed by atoms with Crippen molar-refractivity contribution in [1.29, 1.82) is 0 Å². The summed E-state index contributed by atoms with van der Waals surface area (Å²) in [5, 5.41) is 0. The maximum absolute atomic E-state index is 11.2. The third kappa shape index (κ3) is 4.19. The Morgan fingerprint density at radius 3 is 2.17 bits per heavy atom. The van der Waals surface area contributed by atoms with Gasteiger partial charge < -0.3 is 10.5 Å². The van der Waals surface area contributed by atoms with Crippen molar-refractivity contribution in [3.63, 3.8) is 0 Å². The summed E-state index contributed by atoms with van der Waals surface area (Å²) in [5.41, 5.74) is 8.63. The number of nitrogens with two attached hydrogens (primary N) is 1. The van der Waals surface area contributed by atoms with Crippen LogP contribution in [-0.2, 0) is 11.3 Å². The van der Waals surface area contributed by atoms with Crippen molar-refractivity contribution in [2.24, 2.45) is 5.73 Å². The van der Waals surface area contributed by atoms with Crippen molar-refractivity contribution in [2.75, 3.05) is 26.2 Å². The van der Waals surface area contributed by atoms with Crippen molar-refractivity contribution >= 4 is 6.29 Å². The lowest BCUT2D eigenvalue weighted by Crippen LogP contribution is -2.40. The number of nitrogens with zero attached hydrogens (tertiary/aromatic N) is 2. The molecule has 2 atom stereocenters. The van der Waals surface area contributed by atoms with E-state index in [2.05, 4.69) is 34.1 Å². The van der Waals surface area contributed by atoms with Gasteiger partial charge in [-0.25, -0.2) is 0 Å². The highest BCUT2D eigenvalue weighted by Gasteiger charge is 2.28. The summed E-state index contributed by atoms with van der Waals surface area (Å²) in [6, 6.07) is 8.35. The van der Waals surface area contributed by atoms with E-state index in [1.54, 1.807) is 0 Å². The van der Waals surface area contributed by atoms with E-state index in [0.29, 0.717) is 0 Å². The van der Waals surface area contributed by atoms with Crippen LogP contribution in [0.15, 0.2) is 24.3 Å². The first-order valence-corrected chi connectivity index (χ1v) is 9.04. The predicted octanol–water partition coefficient (Wildman–Crippen LogP) is 2.34. The zero-order valence-electron chi connectivity index (χ0n) is 14.0. The Labute approximate surface area is 139 Å². The van der Waals surface area contributed by atoms with E-state index in [9.17, 15) is 4.79 Å². The third-order valence-corrected chi connectivity index (χ3v) is 5.23. The van der Waals surface area contributed by atoms with Gasteiger partial charge in [0.05, 0.1) is 12.1 Å². The van der Waals surface area contributed by atoms with Crippen LogP contribution in [0.25, 0.3) is 0 Å². The number of piperidine rings is 1. The molecule has 1 aromatic rings. The van der Waals surface area contributed by atoms with Crippen LogP contribution < -0.4 is 5.73 Å². The third-order valence-electron chi connectivity index (χ3n) is 5.23. The fraction of sp³-hybridized carbons (Fsp3) is 0.632. The number of likely N-dealkylation sites (tertiary alicyclic amines) is 2. The summed E-state index contributed by atoms with van der Waals surface area (Å²) in [5.74, 6) is 0. The van der Waals surface area contributed by atoms with Crippen LogP contribution in [0, 0.1) is 0 Å². The van der Waals surface area contributed by atoms with Gasteiger partial charge in [0.25, 0.3) is 0 Å². The fourth-order valence-electron chi connectivity index (χ4n) is 3.97. The maximum atomic E-state index is 11.2. The molecule has 0 aliphatic carbocycles. The van der Waals surface area contributed by atoms with Crippen LogP contribution in [0.2, 0.25) is 0 Å². The van der Waals surface area contributed by atoms with E-state index in [4.69, 9.17) is 5.73 Å². The molecule has 0 amide bonds. The van der Waals surface area contributed by atoms with Gasteiger partial charge in [-0.15, -0.1) is 0 Å². The van der Waals surface area contributed by atoms with Crippen molar-refractivity contribution in [3.05, 3.63) is 35.4 Å².